The smallest absolute Gasteiger partial charge is 0.372 e. The van der Waals surface area contributed by atoms with E-state index in [9.17, 15) is 35.9 Å². The number of carbonyl (C=O) groups is 2. The highest BCUT2D eigenvalue weighted by Crippen LogP contribution is 2.42. The number of aliphatic hydroxyl groups is 1. The van der Waals surface area contributed by atoms with Crippen molar-refractivity contribution in [2.45, 2.75) is 18.0 Å². The van der Waals surface area contributed by atoms with Crippen LogP contribution in [0.5, 0.6) is 0 Å². The fourth-order valence-corrected chi connectivity index (χ4v) is 1.49. The third kappa shape index (κ3) is 4.63. The standard InChI is InChI=1S/C14H10F6N2O3/c1-2-8-3-5-9(6-4-8)22-11(24)10(23)21-7-12(25,13(15,16)17)14(18,19)20/h1,3-6,25H,7H2,(H,21,23)(H,22,24). The molecule has 0 unspecified atom stereocenters. The summed E-state index contributed by atoms with van der Waals surface area (Å²) < 4.78 is 74.6. The van der Waals surface area contributed by atoms with Crippen molar-refractivity contribution in [3.63, 3.8) is 0 Å². The summed E-state index contributed by atoms with van der Waals surface area (Å²) in [5.74, 6) is -1.06. The molecule has 0 atom stereocenters. The molecule has 1 rings (SSSR count). The molecule has 136 valence electrons. The van der Waals surface area contributed by atoms with Gasteiger partial charge >= 0.3 is 24.2 Å². The first-order chi connectivity index (χ1) is 11.3. The largest absolute Gasteiger partial charge is 0.428 e. The Labute approximate surface area is 137 Å². The maximum absolute atomic E-state index is 12.4. The van der Waals surface area contributed by atoms with Gasteiger partial charge in [0.1, 0.15) is 0 Å². The SMILES string of the molecule is C#Cc1ccc(NC(=O)C(=O)NCC(O)(C(F)(F)F)C(F)(F)F)cc1. The summed E-state index contributed by atoms with van der Waals surface area (Å²) in [6.07, 6.45) is -7.13. The first-order valence-electron chi connectivity index (χ1n) is 6.33. The molecule has 0 spiro atoms. The van der Waals surface area contributed by atoms with E-state index in [4.69, 9.17) is 11.5 Å². The van der Waals surface area contributed by atoms with Crippen LogP contribution in [0.3, 0.4) is 0 Å². The molecule has 1 aromatic carbocycles. The number of benzene rings is 1. The van der Waals surface area contributed by atoms with Gasteiger partial charge in [-0.1, -0.05) is 5.92 Å². The third-order valence-corrected chi connectivity index (χ3v) is 2.96. The Morgan fingerprint density at radius 1 is 1.00 bits per heavy atom. The molecule has 25 heavy (non-hydrogen) atoms. The highest BCUT2D eigenvalue weighted by molar-refractivity contribution is 6.39. The van der Waals surface area contributed by atoms with E-state index in [-0.39, 0.29) is 5.69 Å². The molecule has 2 amide bonds. The molecule has 0 heterocycles. The number of terminal acetylenes is 1. The predicted octanol–water partition coefficient (Wildman–Crippen LogP) is 1.58. The van der Waals surface area contributed by atoms with Crippen molar-refractivity contribution in [1.82, 2.24) is 5.32 Å². The summed E-state index contributed by atoms with van der Waals surface area (Å²) >= 11 is 0. The second-order valence-corrected chi connectivity index (χ2v) is 4.71. The number of hydrogen-bond acceptors (Lipinski definition) is 3. The summed E-state index contributed by atoms with van der Waals surface area (Å²) in [5, 5.41) is 11.9. The van der Waals surface area contributed by atoms with Crippen molar-refractivity contribution in [3.8, 4) is 12.3 Å². The Morgan fingerprint density at radius 3 is 1.88 bits per heavy atom. The molecule has 1 aromatic rings. The van der Waals surface area contributed by atoms with E-state index in [2.05, 4.69) is 5.92 Å². The van der Waals surface area contributed by atoms with Crippen LogP contribution in [0.25, 0.3) is 0 Å². The lowest BCUT2D eigenvalue weighted by atomic mass is 10.0. The number of halogens is 6. The Hall–Kier alpha value is -2.74. The average molecular weight is 368 g/mol. The molecule has 0 aliphatic carbocycles. The highest BCUT2D eigenvalue weighted by Gasteiger charge is 2.70. The van der Waals surface area contributed by atoms with Crippen LogP contribution in [0.15, 0.2) is 24.3 Å². The fraction of sp³-hybridized carbons (Fsp3) is 0.286. The predicted molar refractivity (Wildman–Crippen MR) is 73.1 cm³/mol. The Bertz CT molecular complexity index is 674. The molecule has 0 bridgehead atoms. The minimum atomic E-state index is -6.11. The van der Waals surface area contributed by atoms with Gasteiger partial charge in [-0.15, -0.1) is 6.42 Å². The summed E-state index contributed by atoms with van der Waals surface area (Å²) in [4.78, 5) is 22.8. The van der Waals surface area contributed by atoms with Gasteiger partial charge in [0, 0.05) is 11.3 Å². The number of carbonyl (C=O) groups excluding carboxylic acids is 2. The van der Waals surface area contributed by atoms with E-state index in [1.54, 1.807) is 0 Å². The Morgan fingerprint density at radius 2 is 1.48 bits per heavy atom. The van der Waals surface area contributed by atoms with Crippen LogP contribution in [0.2, 0.25) is 0 Å². The summed E-state index contributed by atoms with van der Waals surface area (Å²) in [6.45, 7) is -2.28. The van der Waals surface area contributed by atoms with E-state index in [1.165, 1.54) is 24.3 Å². The zero-order valence-electron chi connectivity index (χ0n) is 12.1. The number of rotatable bonds is 3. The zero-order valence-corrected chi connectivity index (χ0v) is 12.1. The van der Waals surface area contributed by atoms with Crippen molar-refractivity contribution in [1.29, 1.82) is 0 Å². The lowest BCUT2D eigenvalue weighted by Gasteiger charge is -2.32. The first-order valence-corrected chi connectivity index (χ1v) is 6.33. The van der Waals surface area contributed by atoms with Crippen LogP contribution in [0.1, 0.15) is 5.56 Å². The maximum Gasteiger partial charge on any atom is 0.428 e. The molecule has 5 nitrogen and oxygen atoms in total. The maximum atomic E-state index is 12.4. The van der Waals surface area contributed by atoms with Crippen molar-refractivity contribution < 1.29 is 41.0 Å². The molecule has 11 heteroatoms. The molecular weight excluding hydrogens is 358 g/mol. The Balaban J connectivity index is 2.77. The Kier molecular flexibility index (Phi) is 5.70. The molecule has 3 N–H and O–H groups in total. The number of amides is 2. The normalized spacial score (nSPS) is 12.2. The van der Waals surface area contributed by atoms with Gasteiger partial charge in [0.05, 0.1) is 6.54 Å². The molecule has 0 fully saturated rings. The van der Waals surface area contributed by atoms with Crippen molar-refractivity contribution in [2.24, 2.45) is 0 Å². The van der Waals surface area contributed by atoms with Crippen LogP contribution in [-0.2, 0) is 9.59 Å². The number of hydrogen-bond donors (Lipinski definition) is 3. The van der Waals surface area contributed by atoms with E-state index < -0.39 is 36.3 Å². The van der Waals surface area contributed by atoms with Crippen molar-refractivity contribution >= 4 is 17.5 Å². The van der Waals surface area contributed by atoms with Crippen LogP contribution in [0.4, 0.5) is 32.0 Å². The van der Waals surface area contributed by atoms with Crippen molar-refractivity contribution in [2.75, 3.05) is 11.9 Å². The number of anilines is 1. The molecule has 0 radical (unpaired) electrons. The van der Waals surface area contributed by atoms with Crippen molar-refractivity contribution in [3.05, 3.63) is 29.8 Å². The summed E-state index contributed by atoms with van der Waals surface area (Å²) in [5.41, 5.74) is -4.73. The highest BCUT2D eigenvalue weighted by atomic mass is 19.4. The van der Waals surface area contributed by atoms with Crippen LogP contribution >= 0.6 is 0 Å². The molecular formula is C14H10F6N2O3. The minimum Gasteiger partial charge on any atom is -0.372 e. The van der Waals surface area contributed by atoms with Gasteiger partial charge in [0.25, 0.3) is 5.60 Å². The van der Waals surface area contributed by atoms with E-state index >= 15 is 0 Å². The lowest BCUT2D eigenvalue weighted by molar-refractivity contribution is -0.364. The summed E-state index contributed by atoms with van der Waals surface area (Å²) in [7, 11) is 0. The topological polar surface area (TPSA) is 78.4 Å². The second-order valence-electron chi connectivity index (χ2n) is 4.71. The van der Waals surface area contributed by atoms with Gasteiger partial charge < -0.3 is 15.7 Å². The zero-order chi connectivity index (χ0) is 19.5. The van der Waals surface area contributed by atoms with E-state index in [1.807, 2.05) is 5.32 Å². The second kappa shape index (κ2) is 7.02. The van der Waals surface area contributed by atoms with Crippen LogP contribution < -0.4 is 10.6 Å². The monoisotopic (exact) mass is 368 g/mol. The van der Waals surface area contributed by atoms with Gasteiger partial charge in [0.2, 0.25) is 0 Å². The fourth-order valence-electron chi connectivity index (χ4n) is 1.49. The first kappa shape index (κ1) is 20.3. The quantitative estimate of drug-likeness (QED) is 0.431. The third-order valence-electron chi connectivity index (χ3n) is 2.96. The molecule has 0 aromatic heterocycles. The average Bonchev–Trinajstić information content (AvgIpc) is 2.50. The van der Waals surface area contributed by atoms with Crippen LogP contribution in [-0.4, -0.2) is 41.4 Å². The van der Waals surface area contributed by atoms with Gasteiger partial charge in [-0.05, 0) is 24.3 Å². The van der Waals surface area contributed by atoms with Crippen LogP contribution in [0, 0.1) is 12.3 Å². The van der Waals surface area contributed by atoms with E-state index in [0.29, 0.717) is 5.56 Å². The lowest BCUT2D eigenvalue weighted by Crippen LogP contribution is -2.63. The number of alkyl halides is 6. The number of nitrogens with one attached hydrogen (secondary N) is 2. The molecule has 0 saturated heterocycles. The van der Waals surface area contributed by atoms with Gasteiger partial charge in [-0.3, -0.25) is 9.59 Å². The molecule has 0 aliphatic heterocycles. The van der Waals surface area contributed by atoms with E-state index in [0.717, 1.165) is 5.32 Å². The minimum absolute atomic E-state index is 0.0288. The van der Waals surface area contributed by atoms with Gasteiger partial charge in [-0.25, -0.2) is 0 Å². The molecule has 0 saturated carbocycles. The molecule has 0 aliphatic rings. The van der Waals surface area contributed by atoms with Gasteiger partial charge in [0.15, 0.2) is 0 Å². The summed E-state index contributed by atoms with van der Waals surface area (Å²) in [6, 6.07) is 5.28. The van der Waals surface area contributed by atoms with Gasteiger partial charge in [-0.2, -0.15) is 26.3 Å².